The molecule has 5 nitrogen and oxygen atoms in total. The Morgan fingerprint density at radius 2 is 2.28 bits per heavy atom. The van der Waals surface area contributed by atoms with E-state index in [-0.39, 0.29) is 5.91 Å². The van der Waals surface area contributed by atoms with Crippen molar-refractivity contribution in [1.29, 1.82) is 0 Å². The van der Waals surface area contributed by atoms with Crippen molar-refractivity contribution in [2.75, 3.05) is 19.6 Å². The minimum atomic E-state index is 0.00324. The molecule has 0 radical (unpaired) electrons. The molecule has 96 valence electrons. The van der Waals surface area contributed by atoms with Crippen molar-refractivity contribution < 1.29 is 4.79 Å². The van der Waals surface area contributed by atoms with Crippen LogP contribution in [-0.2, 0) is 0 Å². The molecule has 2 aromatic heterocycles. The number of pyridine rings is 1. The number of nitrogens with two attached hydrogens (primary N) is 1. The molecule has 2 heterocycles. The highest BCUT2D eigenvalue weighted by atomic mass is 16.2. The van der Waals surface area contributed by atoms with E-state index in [1.807, 2.05) is 31.3 Å². The van der Waals surface area contributed by atoms with Gasteiger partial charge in [0.25, 0.3) is 5.91 Å². The first kappa shape index (κ1) is 12.6. The predicted molar refractivity (Wildman–Crippen MR) is 70.4 cm³/mol. The van der Waals surface area contributed by atoms with Gasteiger partial charge < -0.3 is 10.6 Å². The maximum absolute atomic E-state index is 12.4. The fraction of sp³-hybridized carbons (Fsp3) is 0.385. The summed E-state index contributed by atoms with van der Waals surface area (Å²) >= 11 is 0. The number of hydrogen-bond acceptors (Lipinski definition) is 3. The van der Waals surface area contributed by atoms with E-state index in [0.29, 0.717) is 18.7 Å². The molecule has 0 aliphatic carbocycles. The number of carbonyl (C=O) groups excluding carboxylic acids is 1. The number of hydrogen-bond donors (Lipinski definition) is 1. The summed E-state index contributed by atoms with van der Waals surface area (Å²) in [6.07, 6.45) is 4.38. The topological polar surface area (TPSA) is 63.6 Å². The number of fused-ring (bicyclic) bond motifs is 1. The Morgan fingerprint density at radius 3 is 3.00 bits per heavy atom. The van der Waals surface area contributed by atoms with Gasteiger partial charge in [0.15, 0.2) is 0 Å². The van der Waals surface area contributed by atoms with Crippen LogP contribution in [-0.4, -0.2) is 40.1 Å². The predicted octanol–water partition coefficient (Wildman–Crippen LogP) is 1.15. The van der Waals surface area contributed by atoms with Gasteiger partial charge in [-0.15, -0.1) is 0 Å². The van der Waals surface area contributed by atoms with E-state index in [2.05, 4.69) is 5.10 Å². The SMILES string of the molecule is CCCN(CCN)C(=O)c1cnn2ccccc12. The van der Waals surface area contributed by atoms with Crippen LogP contribution in [0.3, 0.4) is 0 Å². The molecule has 0 fully saturated rings. The van der Waals surface area contributed by atoms with Crippen LogP contribution in [0.4, 0.5) is 0 Å². The first-order valence-corrected chi connectivity index (χ1v) is 6.19. The van der Waals surface area contributed by atoms with Gasteiger partial charge in [0, 0.05) is 25.8 Å². The molecule has 5 heteroatoms. The molecular weight excluding hydrogens is 228 g/mol. The maximum Gasteiger partial charge on any atom is 0.257 e. The minimum absolute atomic E-state index is 0.00324. The van der Waals surface area contributed by atoms with Crippen molar-refractivity contribution in [2.24, 2.45) is 5.73 Å². The van der Waals surface area contributed by atoms with E-state index in [1.54, 1.807) is 15.6 Å². The lowest BCUT2D eigenvalue weighted by Gasteiger charge is -2.20. The molecule has 2 aromatic rings. The fourth-order valence-corrected chi connectivity index (χ4v) is 2.01. The lowest BCUT2D eigenvalue weighted by Crippen LogP contribution is -2.35. The van der Waals surface area contributed by atoms with E-state index < -0.39 is 0 Å². The third-order valence-corrected chi connectivity index (χ3v) is 2.84. The zero-order chi connectivity index (χ0) is 13.0. The number of amides is 1. The van der Waals surface area contributed by atoms with E-state index in [0.717, 1.165) is 18.5 Å². The molecule has 0 aliphatic heterocycles. The van der Waals surface area contributed by atoms with E-state index in [4.69, 9.17) is 5.73 Å². The first-order chi connectivity index (χ1) is 8.77. The molecule has 0 saturated heterocycles. The molecule has 2 rings (SSSR count). The average Bonchev–Trinajstić information content (AvgIpc) is 2.81. The van der Waals surface area contributed by atoms with Gasteiger partial charge in [0.1, 0.15) is 0 Å². The zero-order valence-corrected chi connectivity index (χ0v) is 10.5. The Balaban J connectivity index is 2.31. The standard InChI is InChI=1S/C13H18N4O/c1-2-7-16(9-6-14)13(18)11-10-15-17-8-4-3-5-12(11)17/h3-5,8,10H,2,6-7,9,14H2,1H3. The number of aromatic nitrogens is 2. The highest BCUT2D eigenvalue weighted by molar-refractivity contribution is 6.00. The average molecular weight is 246 g/mol. The number of nitrogens with zero attached hydrogens (tertiary/aromatic N) is 3. The Kier molecular flexibility index (Phi) is 3.94. The summed E-state index contributed by atoms with van der Waals surface area (Å²) in [4.78, 5) is 14.2. The fourth-order valence-electron chi connectivity index (χ4n) is 2.01. The zero-order valence-electron chi connectivity index (χ0n) is 10.5. The maximum atomic E-state index is 12.4. The largest absolute Gasteiger partial charge is 0.337 e. The minimum Gasteiger partial charge on any atom is -0.337 e. The third-order valence-electron chi connectivity index (χ3n) is 2.84. The van der Waals surface area contributed by atoms with Crippen molar-refractivity contribution in [3.8, 4) is 0 Å². The van der Waals surface area contributed by atoms with Crippen LogP contribution in [0.5, 0.6) is 0 Å². The van der Waals surface area contributed by atoms with Crippen molar-refractivity contribution in [2.45, 2.75) is 13.3 Å². The van der Waals surface area contributed by atoms with Crippen LogP contribution in [0, 0.1) is 0 Å². The second-order valence-corrected chi connectivity index (χ2v) is 4.17. The van der Waals surface area contributed by atoms with Crippen molar-refractivity contribution in [3.05, 3.63) is 36.2 Å². The van der Waals surface area contributed by atoms with Crippen molar-refractivity contribution in [3.63, 3.8) is 0 Å². The van der Waals surface area contributed by atoms with Crippen LogP contribution in [0.1, 0.15) is 23.7 Å². The van der Waals surface area contributed by atoms with Crippen molar-refractivity contribution in [1.82, 2.24) is 14.5 Å². The summed E-state index contributed by atoms with van der Waals surface area (Å²) in [6, 6.07) is 5.69. The number of carbonyl (C=O) groups is 1. The van der Waals surface area contributed by atoms with Gasteiger partial charge in [-0.25, -0.2) is 4.52 Å². The quantitative estimate of drug-likeness (QED) is 0.860. The summed E-state index contributed by atoms with van der Waals surface area (Å²) in [5, 5.41) is 4.18. The van der Waals surface area contributed by atoms with Gasteiger partial charge in [-0.3, -0.25) is 4.79 Å². The van der Waals surface area contributed by atoms with Gasteiger partial charge >= 0.3 is 0 Å². The van der Waals surface area contributed by atoms with E-state index in [1.165, 1.54) is 0 Å². The van der Waals surface area contributed by atoms with Gasteiger partial charge in [-0.1, -0.05) is 13.0 Å². The Labute approximate surface area is 106 Å². The molecule has 0 aliphatic rings. The molecule has 1 amide bonds. The smallest absolute Gasteiger partial charge is 0.257 e. The van der Waals surface area contributed by atoms with Crippen molar-refractivity contribution >= 4 is 11.4 Å². The van der Waals surface area contributed by atoms with Crippen LogP contribution >= 0.6 is 0 Å². The molecule has 0 aromatic carbocycles. The summed E-state index contributed by atoms with van der Waals surface area (Å²) < 4.78 is 1.71. The summed E-state index contributed by atoms with van der Waals surface area (Å²) in [7, 11) is 0. The molecule has 0 unspecified atom stereocenters. The Morgan fingerprint density at radius 1 is 1.44 bits per heavy atom. The van der Waals surface area contributed by atoms with Crippen LogP contribution in [0.2, 0.25) is 0 Å². The first-order valence-electron chi connectivity index (χ1n) is 6.19. The summed E-state index contributed by atoms with van der Waals surface area (Å²) in [5.41, 5.74) is 7.02. The van der Waals surface area contributed by atoms with Crippen LogP contribution in [0.25, 0.3) is 5.52 Å². The number of rotatable bonds is 5. The normalized spacial score (nSPS) is 10.8. The highest BCUT2D eigenvalue weighted by Gasteiger charge is 2.18. The van der Waals surface area contributed by atoms with Gasteiger partial charge in [-0.2, -0.15) is 5.10 Å². The third kappa shape index (κ3) is 2.36. The van der Waals surface area contributed by atoms with E-state index in [9.17, 15) is 4.79 Å². The van der Waals surface area contributed by atoms with Gasteiger partial charge in [0.2, 0.25) is 0 Å². The highest BCUT2D eigenvalue weighted by Crippen LogP contribution is 2.12. The molecule has 18 heavy (non-hydrogen) atoms. The molecule has 0 saturated carbocycles. The summed E-state index contributed by atoms with van der Waals surface area (Å²) in [6.45, 7) is 3.83. The van der Waals surface area contributed by atoms with Gasteiger partial charge in [-0.05, 0) is 18.6 Å². The monoisotopic (exact) mass is 246 g/mol. The molecule has 2 N–H and O–H groups in total. The second-order valence-electron chi connectivity index (χ2n) is 4.17. The van der Waals surface area contributed by atoms with Gasteiger partial charge in [0.05, 0.1) is 17.3 Å². The molecule has 0 bridgehead atoms. The molecule has 0 spiro atoms. The lowest BCUT2D eigenvalue weighted by atomic mass is 10.2. The molecule has 0 atom stereocenters. The second kappa shape index (κ2) is 5.64. The van der Waals surface area contributed by atoms with Crippen LogP contribution in [0.15, 0.2) is 30.6 Å². The molecular formula is C13H18N4O. The lowest BCUT2D eigenvalue weighted by molar-refractivity contribution is 0.0762. The summed E-state index contributed by atoms with van der Waals surface area (Å²) in [5.74, 6) is 0.00324. The van der Waals surface area contributed by atoms with E-state index >= 15 is 0 Å². The Hall–Kier alpha value is -1.88. The van der Waals surface area contributed by atoms with Crippen LogP contribution < -0.4 is 5.73 Å². The Bertz CT molecular complexity index is 529.